The smallest absolute Gasteiger partial charge is 0.324 e. The van der Waals surface area contributed by atoms with Crippen molar-refractivity contribution in [2.45, 2.75) is 68.5 Å². The molecule has 1 aliphatic carbocycles. The van der Waals surface area contributed by atoms with Crippen LogP contribution in [0.25, 0.3) is 0 Å². The van der Waals surface area contributed by atoms with Crippen molar-refractivity contribution < 1.29 is 30.9 Å². The minimum Gasteiger partial charge on any atom is -0.324 e. The Labute approximate surface area is 212 Å². The molecule has 2 saturated heterocycles. The summed E-state index contributed by atoms with van der Waals surface area (Å²) in [5.41, 5.74) is -1.33. The lowest BCUT2D eigenvalue weighted by atomic mass is 9.85. The van der Waals surface area contributed by atoms with Gasteiger partial charge in [0.2, 0.25) is 5.95 Å². The summed E-state index contributed by atoms with van der Waals surface area (Å²) >= 11 is 0. The first-order chi connectivity index (χ1) is 18.0. The van der Waals surface area contributed by atoms with Crippen molar-refractivity contribution in [2.24, 2.45) is 5.92 Å². The standard InChI is InChI=1S/C24H23F6N7O/c1-12-31-21(38-34-12)35-10-13-8-9-22(11-35)18(13)36(22)20-32-19-15(6-7-17(24(28,29)30)37(19)33-20)14-4-2-3-5-16(14)23(25,26)27/h2-5,13,15,17-18H,6-11H2,1H3/t13-,15?,17?,18-,22-,36?/m0/s1. The van der Waals surface area contributed by atoms with E-state index in [-0.39, 0.29) is 47.7 Å². The number of benzene rings is 1. The summed E-state index contributed by atoms with van der Waals surface area (Å²) in [6.45, 7) is 2.91. The van der Waals surface area contributed by atoms with Crippen LogP contribution in [0.15, 0.2) is 28.8 Å². The predicted octanol–water partition coefficient (Wildman–Crippen LogP) is 4.88. The molecular formula is C24H23F6N7O. The van der Waals surface area contributed by atoms with E-state index in [0.717, 1.165) is 23.6 Å². The summed E-state index contributed by atoms with van der Waals surface area (Å²) < 4.78 is 89.7. The molecule has 2 aromatic heterocycles. The zero-order chi connectivity index (χ0) is 26.6. The highest BCUT2D eigenvalue weighted by atomic mass is 19.4. The zero-order valence-electron chi connectivity index (χ0n) is 20.2. The quantitative estimate of drug-likeness (QED) is 0.347. The number of aryl methyl sites for hydroxylation is 1. The van der Waals surface area contributed by atoms with Crippen molar-refractivity contribution in [1.82, 2.24) is 24.9 Å². The first-order valence-corrected chi connectivity index (χ1v) is 12.5. The minimum atomic E-state index is -4.64. The molecule has 0 radical (unpaired) electrons. The number of hydrogen-bond acceptors (Lipinski definition) is 7. The molecule has 0 spiro atoms. The van der Waals surface area contributed by atoms with Crippen molar-refractivity contribution in [3.05, 3.63) is 47.0 Å². The lowest BCUT2D eigenvalue weighted by Crippen LogP contribution is -2.42. The fourth-order valence-electron chi connectivity index (χ4n) is 7.03. The van der Waals surface area contributed by atoms with Crippen molar-refractivity contribution >= 4 is 12.0 Å². The Balaban J connectivity index is 1.28. The number of fused-ring (bicyclic) bond motifs is 1. The molecule has 0 N–H and O–H groups in total. The molecule has 38 heavy (non-hydrogen) atoms. The second-order valence-corrected chi connectivity index (χ2v) is 10.7. The third-order valence-corrected chi connectivity index (χ3v) is 8.56. The average Bonchev–Trinajstić information content (AvgIpc) is 3.12. The van der Waals surface area contributed by atoms with Gasteiger partial charge in [-0.2, -0.15) is 36.3 Å². The maximum absolute atomic E-state index is 14.0. The summed E-state index contributed by atoms with van der Waals surface area (Å²) in [5, 5.41) is 8.18. The van der Waals surface area contributed by atoms with Crippen LogP contribution in [0.4, 0.5) is 38.3 Å². The SMILES string of the molecule is Cc1noc(N2C[C@@H]3CC[C@]4(C2)[C@H]3N4c2nc3n(n2)C(C(F)(F)F)CCC3c2ccccc2C(F)(F)F)n1. The molecule has 3 aromatic rings. The fourth-order valence-corrected chi connectivity index (χ4v) is 7.03. The number of halogens is 6. The van der Waals surface area contributed by atoms with Gasteiger partial charge in [-0.3, -0.25) is 0 Å². The maximum atomic E-state index is 14.0. The van der Waals surface area contributed by atoms with Crippen molar-refractivity contribution in [3.63, 3.8) is 0 Å². The van der Waals surface area contributed by atoms with Crippen LogP contribution in [-0.4, -0.2) is 55.8 Å². The molecule has 5 atom stereocenters. The van der Waals surface area contributed by atoms with Gasteiger partial charge in [-0.25, -0.2) is 4.68 Å². The summed E-state index contributed by atoms with van der Waals surface area (Å²) in [6, 6.07) is 3.53. The van der Waals surface area contributed by atoms with E-state index in [1.165, 1.54) is 18.2 Å². The van der Waals surface area contributed by atoms with Gasteiger partial charge in [-0.1, -0.05) is 23.4 Å². The molecule has 5 heterocycles. The Hall–Kier alpha value is -3.32. The molecule has 0 amide bonds. The Kier molecular flexibility index (Phi) is 4.77. The molecular weight excluding hydrogens is 516 g/mol. The fraction of sp³-hybridized carbons (Fsp3) is 0.583. The van der Waals surface area contributed by atoms with Crippen LogP contribution >= 0.6 is 0 Å². The van der Waals surface area contributed by atoms with Crippen molar-refractivity contribution in [2.75, 3.05) is 22.9 Å². The molecule has 2 unspecified atom stereocenters. The van der Waals surface area contributed by atoms with E-state index in [1.54, 1.807) is 6.92 Å². The monoisotopic (exact) mass is 539 g/mol. The molecule has 4 aliphatic rings. The highest BCUT2D eigenvalue weighted by Crippen LogP contribution is 2.61. The normalized spacial score (nSPS) is 30.4. The van der Waals surface area contributed by atoms with E-state index in [1.807, 2.05) is 9.80 Å². The number of hydrogen-bond donors (Lipinski definition) is 0. The molecule has 14 heteroatoms. The number of anilines is 2. The molecule has 3 fully saturated rings. The Bertz CT molecular complexity index is 1400. The van der Waals surface area contributed by atoms with Gasteiger partial charge in [0.1, 0.15) is 11.9 Å². The molecule has 1 saturated carbocycles. The zero-order valence-corrected chi connectivity index (χ0v) is 20.2. The first kappa shape index (κ1) is 23.8. The third-order valence-electron chi connectivity index (χ3n) is 8.56. The number of rotatable bonds is 3. The lowest BCUT2D eigenvalue weighted by Gasteiger charge is -2.31. The Morgan fingerprint density at radius 2 is 1.82 bits per heavy atom. The van der Waals surface area contributed by atoms with Crippen LogP contribution in [0, 0.1) is 12.8 Å². The van der Waals surface area contributed by atoms with Crippen molar-refractivity contribution in [3.8, 4) is 0 Å². The van der Waals surface area contributed by atoms with Crippen LogP contribution in [0.3, 0.4) is 0 Å². The van der Waals surface area contributed by atoms with Crippen LogP contribution in [-0.2, 0) is 6.18 Å². The number of alkyl halides is 6. The third kappa shape index (κ3) is 3.37. The first-order valence-electron chi connectivity index (χ1n) is 12.5. The molecule has 7 rings (SSSR count). The van der Waals surface area contributed by atoms with E-state index in [0.29, 0.717) is 24.9 Å². The van der Waals surface area contributed by atoms with Crippen LogP contribution < -0.4 is 9.80 Å². The minimum absolute atomic E-state index is 0.0532. The number of aromatic nitrogens is 5. The highest BCUT2D eigenvalue weighted by molar-refractivity contribution is 5.60. The van der Waals surface area contributed by atoms with Gasteiger partial charge >= 0.3 is 18.4 Å². The highest BCUT2D eigenvalue weighted by Gasteiger charge is 2.73. The van der Waals surface area contributed by atoms with Gasteiger partial charge in [-0.05, 0) is 50.2 Å². The molecule has 8 nitrogen and oxygen atoms in total. The summed E-state index contributed by atoms with van der Waals surface area (Å²) in [5.74, 6) is -0.181. The summed E-state index contributed by atoms with van der Waals surface area (Å²) in [6.07, 6.45) is -8.00. The van der Waals surface area contributed by atoms with Gasteiger partial charge in [0, 0.05) is 19.0 Å². The topological polar surface area (TPSA) is 75.9 Å². The second-order valence-electron chi connectivity index (χ2n) is 10.7. The molecule has 3 aliphatic heterocycles. The van der Waals surface area contributed by atoms with E-state index in [9.17, 15) is 26.3 Å². The van der Waals surface area contributed by atoms with Gasteiger partial charge in [-0.15, -0.1) is 5.10 Å². The van der Waals surface area contributed by atoms with Crippen LogP contribution in [0.1, 0.15) is 60.4 Å². The van der Waals surface area contributed by atoms with E-state index >= 15 is 0 Å². The Morgan fingerprint density at radius 3 is 2.53 bits per heavy atom. The molecule has 202 valence electrons. The predicted molar refractivity (Wildman–Crippen MR) is 121 cm³/mol. The van der Waals surface area contributed by atoms with Gasteiger partial charge < -0.3 is 14.3 Å². The van der Waals surface area contributed by atoms with Gasteiger partial charge in [0.05, 0.1) is 17.1 Å². The molecule has 1 aromatic carbocycles. The van der Waals surface area contributed by atoms with E-state index in [2.05, 4.69) is 20.2 Å². The number of piperidine rings is 2. The summed E-state index contributed by atoms with van der Waals surface area (Å²) in [4.78, 5) is 12.8. The average molecular weight is 539 g/mol. The van der Waals surface area contributed by atoms with Crippen LogP contribution in [0.2, 0.25) is 0 Å². The van der Waals surface area contributed by atoms with E-state index in [4.69, 9.17) is 4.52 Å². The number of nitrogens with zero attached hydrogens (tertiary/aromatic N) is 7. The summed E-state index contributed by atoms with van der Waals surface area (Å²) in [7, 11) is 0. The van der Waals surface area contributed by atoms with Gasteiger partial charge in [0.25, 0.3) is 0 Å². The van der Waals surface area contributed by atoms with E-state index < -0.39 is 29.9 Å². The van der Waals surface area contributed by atoms with Crippen molar-refractivity contribution in [1.29, 1.82) is 0 Å². The van der Waals surface area contributed by atoms with Gasteiger partial charge in [0.15, 0.2) is 5.82 Å². The Morgan fingerprint density at radius 1 is 1.03 bits per heavy atom. The maximum Gasteiger partial charge on any atom is 0.416 e. The van der Waals surface area contributed by atoms with Crippen LogP contribution in [0.5, 0.6) is 0 Å². The second kappa shape index (κ2) is 7.63. The molecule has 2 bridgehead atoms. The largest absolute Gasteiger partial charge is 0.416 e. The lowest BCUT2D eigenvalue weighted by molar-refractivity contribution is -0.175.